The van der Waals surface area contributed by atoms with E-state index in [1.54, 1.807) is 0 Å². The highest BCUT2D eigenvalue weighted by atomic mass is 32.1. The molecule has 2 aliphatic rings. The average molecular weight is 577 g/mol. The molecule has 6 heterocycles. The van der Waals surface area contributed by atoms with Gasteiger partial charge in [-0.05, 0) is 69.4 Å². The lowest BCUT2D eigenvalue weighted by atomic mass is 9.79. The molecule has 0 aliphatic carbocycles. The standard InChI is InChI=1S/C38H28N2S2/c1-37(2)27-9-5-7-23-25-19-21(11-13-29(25)39(33(23)27)31-15-17-41-35(31)37)22-12-14-30-26(20-22)24-8-6-10-28-34(24)40(30)32-16-18-42-36(32)38(28,3)4/h5-20H,1-4H3. The highest BCUT2D eigenvalue weighted by molar-refractivity contribution is 7.11. The lowest BCUT2D eigenvalue weighted by Gasteiger charge is -2.32. The monoisotopic (exact) mass is 576 g/mol. The van der Waals surface area contributed by atoms with Gasteiger partial charge in [0.15, 0.2) is 0 Å². The van der Waals surface area contributed by atoms with Gasteiger partial charge >= 0.3 is 0 Å². The molecule has 0 radical (unpaired) electrons. The van der Waals surface area contributed by atoms with Crippen LogP contribution in [0.15, 0.2) is 95.7 Å². The Balaban J connectivity index is 1.24. The van der Waals surface area contributed by atoms with Gasteiger partial charge < -0.3 is 9.13 Å². The fourth-order valence-electron chi connectivity index (χ4n) is 8.14. The van der Waals surface area contributed by atoms with Gasteiger partial charge in [0.1, 0.15) is 0 Å². The Bertz CT molecular complexity index is 2300. The number of para-hydroxylation sites is 2. The maximum Gasteiger partial charge on any atom is 0.0610 e. The Morgan fingerprint density at radius 2 is 0.952 bits per heavy atom. The molecule has 0 amide bonds. The summed E-state index contributed by atoms with van der Waals surface area (Å²) >= 11 is 3.75. The van der Waals surface area contributed by atoms with Crippen molar-refractivity contribution in [1.29, 1.82) is 0 Å². The van der Waals surface area contributed by atoms with E-state index in [4.69, 9.17) is 0 Å². The van der Waals surface area contributed by atoms with Crippen LogP contribution in [-0.2, 0) is 10.8 Å². The van der Waals surface area contributed by atoms with Crippen LogP contribution in [0.25, 0.3) is 66.1 Å². The molecule has 0 saturated heterocycles. The molecule has 42 heavy (non-hydrogen) atoms. The number of thiophene rings is 2. The first-order valence-electron chi connectivity index (χ1n) is 14.7. The molecule has 10 rings (SSSR count). The van der Waals surface area contributed by atoms with E-state index in [9.17, 15) is 0 Å². The highest BCUT2D eigenvalue weighted by Crippen LogP contribution is 2.51. The number of hydrogen-bond acceptors (Lipinski definition) is 2. The predicted octanol–water partition coefficient (Wildman–Crippen LogP) is 10.9. The number of fused-ring (bicyclic) bond motifs is 10. The molecule has 0 spiro atoms. The van der Waals surface area contributed by atoms with E-state index in [0.29, 0.717) is 0 Å². The molecule has 4 aromatic carbocycles. The Morgan fingerprint density at radius 3 is 1.40 bits per heavy atom. The Hall–Kier alpha value is -4.12. The van der Waals surface area contributed by atoms with Crippen LogP contribution in [-0.4, -0.2) is 9.13 Å². The zero-order valence-corrected chi connectivity index (χ0v) is 25.6. The van der Waals surface area contributed by atoms with Crippen molar-refractivity contribution in [2.45, 2.75) is 38.5 Å². The van der Waals surface area contributed by atoms with E-state index < -0.39 is 0 Å². The van der Waals surface area contributed by atoms with Crippen molar-refractivity contribution in [3.8, 4) is 22.5 Å². The normalized spacial score (nSPS) is 16.0. The minimum Gasteiger partial charge on any atom is -0.308 e. The van der Waals surface area contributed by atoms with Crippen LogP contribution in [0.4, 0.5) is 0 Å². The van der Waals surface area contributed by atoms with Gasteiger partial charge in [-0.3, -0.25) is 0 Å². The summed E-state index contributed by atoms with van der Waals surface area (Å²) in [6.45, 7) is 9.49. The van der Waals surface area contributed by atoms with Crippen LogP contribution in [0.5, 0.6) is 0 Å². The van der Waals surface area contributed by atoms with E-state index in [2.05, 4.69) is 133 Å². The molecule has 202 valence electrons. The molecule has 0 saturated carbocycles. The molecule has 0 bridgehead atoms. The zero-order chi connectivity index (χ0) is 28.1. The van der Waals surface area contributed by atoms with Crippen molar-refractivity contribution in [1.82, 2.24) is 9.13 Å². The van der Waals surface area contributed by atoms with Crippen LogP contribution in [0.2, 0.25) is 0 Å². The number of aromatic nitrogens is 2. The van der Waals surface area contributed by atoms with Gasteiger partial charge in [-0.25, -0.2) is 0 Å². The molecule has 4 heteroatoms. The third kappa shape index (κ3) is 2.59. The first-order valence-corrected chi connectivity index (χ1v) is 16.4. The fraction of sp³-hybridized carbons (Fsp3) is 0.158. The first-order chi connectivity index (χ1) is 20.4. The Morgan fingerprint density at radius 1 is 0.500 bits per heavy atom. The molecule has 0 N–H and O–H groups in total. The molecule has 2 nitrogen and oxygen atoms in total. The van der Waals surface area contributed by atoms with Crippen LogP contribution in [0.1, 0.15) is 48.6 Å². The van der Waals surface area contributed by atoms with Gasteiger partial charge in [0, 0.05) is 42.1 Å². The van der Waals surface area contributed by atoms with Crippen molar-refractivity contribution < 1.29 is 0 Å². The molecular weight excluding hydrogens is 549 g/mol. The number of rotatable bonds is 1. The minimum atomic E-state index is -0.00506. The quantitative estimate of drug-likeness (QED) is 0.184. The summed E-state index contributed by atoms with van der Waals surface area (Å²) < 4.78 is 5.02. The lowest BCUT2D eigenvalue weighted by Crippen LogP contribution is -2.24. The van der Waals surface area contributed by atoms with Crippen molar-refractivity contribution in [2.75, 3.05) is 0 Å². The second-order valence-electron chi connectivity index (χ2n) is 13.1. The van der Waals surface area contributed by atoms with E-state index in [-0.39, 0.29) is 10.8 Å². The summed E-state index contributed by atoms with van der Waals surface area (Å²) in [6, 6.07) is 32.5. The van der Waals surface area contributed by atoms with Crippen LogP contribution >= 0.6 is 22.7 Å². The summed E-state index contributed by atoms with van der Waals surface area (Å²) in [5.74, 6) is 0. The summed E-state index contributed by atoms with van der Waals surface area (Å²) in [5.41, 5.74) is 13.3. The van der Waals surface area contributed by atoms with Gasteiger partial charge in [-0.15, -0.1) is 22.7 Å². The minimum absolute atomic E-state index is 0.00506. The molecular formula is C38H28N2S2. The topological polar surface area (TPSA) is 9.86 Å². The van der Waals surface area contributed by atoms with Gasteiger partial charge in [0.05, 0.1) is 33.4 Å². The largest absolute Gasteiger partial charge is 0.308 e. The number of benzene rings is 4. The van der Waals surface area contributed by atoms with Crippen molar-refractivity contribution in [3.05, 3.63) is 117 Å². The van der Waals surface area contributed by atoms with Crippen LogP contribution in [0, 0.1) is 0 Å². The van der Waals surface area contributed by atoms with Crippen molar-refractivity contribution in [2.24, 2.45) is 0 Å². The maximum absolute atomic E-state index is 2.51. The third-order valence-electron chi connectivity index (χ3n) is 10.2. The number of hydrogen-bond donors (Lipinski definition) is 0. The second kappa shape index (κ2) is 7.44. The van der Waals surface area contributed by atoms with Gasteiger partial charge in [0.25, 0.3) is 0 Å². The van der Waals surface area contributed by atoms with E-state index in [1.165, 1.54) is 87.0 Å². The first kappa shape index (κ1) is 23.4. The molecule has 2 aliphatic heterocycles. The summed E-state index contributed by atoms with van der Waals surface area (Å²) in [4.78, 5) is 2.89. The summed E-state index contributed by atoms with van der Waals surface area (Å²) in [5, 5.41) is 9.83. The maximum atomic E-state index is 2.51. The van der Waals surface area contributed by atoms with E-state index >= 15 is 0 Å². The highest BCUT2D eigenvalue weighted by Gasteiger charge is 2.37. The van der Waals surface area contributed by atoms with Crippen LogP contribution < -0.4 is 0 Å². The summed E-state index contributed by atoms with van der Waals surface area (Å²) in [6.07, 6.45) is 0. The lowest BCUT2D eigenvalue weighted by molar-refractivity contribution is 0.645. The van der Waals surface area contributed by atoms with Crippen molar-refractivity contribution >= 4 is 66.3 Å². The Kier molecular flexibility index (Phi) is 4.15. The molecule has 0 atom stereocenters. The molecule has 8 aromatic rings. The second-order valence-corrected chi connectivity index (χ2v) is 14.9. The van der Waals surface area contributed by atoms with Gasteiger partial charge in [-0.2, -0.15) is 0 Å². The summed E-state index contributed by atoms with van der Waals surface area (Å²) in [7, 11) is 0. The predicted molar refractivity (Wildman–Crippen MR) is 181 cm³/mol. The average Bonchev–Trinajstić information content (AvgIpc) is 3.78. The molecule has 0 unspecified atom stereocenters. The van der Waals surface area contributed by atoms with E-state index in [1.807, 2.05) is 22.7 Å². The van der Waals surface area contributed by atoms with E-state index in [0.717, 1.165) is 0 Å². The Labute approximate surface area is 252 Å². The smallest absolute Gasteiger partial charge is 0.0610 e. The molecule has 4 aromatic heterocycles. The number of nitrogens with zero attached hydrogens (tertiary/aromatic N) is 2. The third-order valence-corrected chi connectivity index (χ3v) is 12.6. The zero-order valence-electron chi connectivity index (χ0n) is 23.9. The molecule has 0 fully saturated rings. The van der Waals surface area contributed by atoms with Crippen molar-refractivity contribution in [3.63, 3.8) is 0 Å². The van der Waals surface area contributed by atoms with Gasteiger partial charge in [-0.1, -0.05) is 76.2 Å². The fourth-order valence-corrected chi connectivity index (χ4v) is 10.2. The van der Waals surface area contributed by atoms with Gasteiger partial charge in [0.2, 0.25) is 0 Å². The van der Waals surface area contributed by atoms with Crippen LogP contribution in [0.3, 0.4) is 0 Å². The SMILES string of the molecule is CC1(C)c2sccc2-n2c3ccc(-c4ccc5c(c4)c4cccc6c4n5-c4ccsc4C6(C)C)cc3c3cccc1c32.